The number of nitrogens with zero attached hydrogens (tertiary/aromatic N) is 3. The number of carbonyl (C=O) groups is 1. The highest BCUT2D eigenvalue weighted by Gasteiger charge is 2.18. The molecule has 0 fully saturated rings. The van der Waals surface area contributed by atoms with E-state index in [1.807, 2.05) is 6.20 Å². The molecule has 16 heavy (non-hydrogen) atoms. The number of hydrogen-bond donors (Lipinski definition) is 2. The van der Waals surface area contributed by atoms with Gasteiger partial charge >= 0.3 is 0 Å². The monoisotopic (exact) mass is 223 g/mol. The van der Waals surface area contributed by atoms with Crippen LogP contribution >= 0.6 is 0 Å². The third kappa shape index (κ3) is 2.59. The molecule has 0 aromatic carbocycles. The van der Waals surface area contributed by atoms with Crippen LogP contribution in [0.5, 0.6) is 0 Å². The van der Waals surface area contributed by atoms with Crippen molar-refractivity contribution in [3.63, 3.8) is 0 Å². The van der Waals surface area contributed by atoms with Gasteiger partial charge in [0.1, 0.15) is 5.82 Å². The number of carbonyl (C=O) groups excluding carboxylic acids is 1. The molecule has 1 aliphatic heterocycles. The van der Waals surface area contributed by atoms with Gasteiger partial charge in [0.2, 0.25) is 5.91 Å². The molecule has 2 rings (SSSR count). The molecule has 88 valence electrons. The van der Waals surface area contributed by atoms with E-state index < -0.39 is 0 Å². The minimum Gasteiger partial charge on any atom is -0.354 e. The third-order valence-electron chi connectivity index (χ3n) is 2.66. The van der Waals surface area contributed by atoms with E-state index in [1.54, 1.807) is 6.20 Å². The molecule has 0 bridgehead atoms. The van der Waals surface area contributed by atoms with Gasteiger partial charge in [0.15, 0.2) is 0 Å². The van der Waals surface area contributed by atoms with Gasteiger partial charge < -0.3 is 15.6 Å². The zero-order valence-corrected chi connectivity index (χ0v) is 9.22. The molecule has 1 aromatic rings. The molecule has 1 aromatic heterocycles. The van der Waals surface area contributed by atoms with Crippen LogP contribution in [0.1, 0.15) is 5.82 Å². The van der Waals surface area contributed by atoms with Crippen LogP contribution in [0.25, 0.3) is 0 Å². The Bertz CT molecular complexity index is 362. The highest BCUT2D eigenvalue weighted by molar-refractivity contribution is 5.77. The highest BCUT2D eigenvalue weighted by atomic mass is 16.2. The molecule has 0 unspecified atom stereocenters. The molecule has 0 aliphatic carbocycles. The van der Waals surface area contributed by atoms with E-state index in [4.69, 9.17) is 5.73 Å². The van der Waals surface area contributed by atoms with Gasteiger partial charge in [-0.1, -0.05) is 0 Å². The van der Waals surface area contributed by atoms with E-state index in [0.717, 1.165) is 25.5 Å². The van der Waals surface area contributed by atoms with Gasteiger partial charge in [-0.25, -0.2) is 4.98 Å². The van der Waals surface area contributed by atoms with Crippen LogP contribution in [0.2, 0.25) is 0 Å². The maximum atomic E-state index is 11.5. The maximum Gasteiger partial charge on any atom is 0.234 e. The normalized spacial score (nSPS) is 15.8. The number of aromatic nitrogens is 2. The average Bonchev–Trinajstić information content (AvgIpc) is 2.73. The van der Waals surface area contributed by atoms with E-state index in [0.29, 0.717) is 19.6 Å². The fraction of sp³-hybridized carbons (Fsp3) is 0.600. The first-order chi connectivity index (χ1) is 7.79. The molecule has 1 aliphatic rings. The van der Waals surface area contributed by atoms with Crippen molar-refractivity contribution in [2.45, 2.75) is 13.1 Å². The number of fused-ring (bicyclic) bond motifs is 1. The Morgan fingerprint density at radius 1 is 1.56 bits per heavy atom. The first-order valence-electron chi connectivity index (χ1n) is 5.48. The number of nitrogens with two attached hydrogens (primary N) is 1. The van der Waals surface area contributed by atoms with Gasteiger partial charge in [0.05, 0.1) is 13.1 Å². The summed E-state index contributed by atoms with van der Waals surface area (Å²) in [6.45, 7) is 3.98. The van der Waals surface area contributed by atoms with Crippen LogP contribution in [0, 0.1) is 0 Å². The van der Waals surface area contributed by atoms with Crippen LogP contribution in [0.4, 0.5) is 0 Å². The van der Waals surface area contributed by atoms with Crippen molar-refractivity contribution in [1.82, 2.24) is 19.8 Å². The smallest absolute Gasteiger partial charge is 0.234 e. The summed E-state index contributed by atoms with van der Waals surface area (Å²) in [5, 5.41) is 2.76. The first-order valence-corrected chi connectivity index (χ1v) is 5.48. The molecule has 3 N–H and O–H groups in total. The van der Waals surface area contributed by atoms with E-state index >= 15 is 0 Å². The van der Waals surface area contributed by atoms with E-state index in [2.05, 4.69) is 19.8 Å². The SMILES string of the molecule is NCCNC(=O)CN1CCn2ccnc2C1. The lowest BCUT2D eigenvalue weighted by Crippen LogP contribution is -2.42. The van der Waals surface area contributed by atoms with Gasteiger partial charge in [-0.15, -0.1) is 0 Å². The summed E-state index contributed by atoms with van der Waals surface area (Å²) >= 11 is 0. The number of nitrogens with one attached hydrogen (secondary N) is 1. The number of imidazole rings is 1. The van der Waals surface area contributed by atoms with Crippen LogP contribution < -0.4 is 11.1 Å². The van der Waals surface area contributed by atoms with Crippen molar-refractivity contribution < 1.29 is 4.79 Å². The van der Waals surface area contributed by atoms with E-state index in [1.165, 1.54) is 0 Å². The molecule has 0 spiro atoms. The minimum atomic E-state index is 0.0328. The molecule has 0 saturated carbocycles. The van der Waals surface area contributed by atoms with Crippen LogP contribution in [-0.2, 0) is 17.9 Å². The summed E-state index contributed by atoms with van der Waals surface area (Å²) < 4.78 is 2.12. The fourth-order valence-electron chi connectivity index (χ4n) is 1.83. The lowest BCUT2D eigenvalue weighted by molar-refractivity contribution is -0.122. The van der Waals surface area contributed by atoms with Gasteiger partial charge in [-0.3, -0.25) is 9.69 Å². The van der Waals surface area contributed by atoms with Crippen molar-refractivity contribution in [1.29, 1.82) is 0 Å². The standard InChI is InChI=1S/C10H17N5O/c11-1-2-13-10(16)8-14-5-6-15-4-3-12-9(15)7-14/h3-4H,1-2,5-8,11H2,(H,13,16). The Kier molecular flexibility index (Phi) is 3.53. The highest BCUT2D eigenvalue weighted by Crippen LogP contribution is 2.09. The predicted octanol–water partition coefficient (Wildman–Crippen LogP) is -1.23. The Hall–Kier alpha value is -1.40. The molecule has 1 amide bonds. The molecule has 0 radical (unpaired) electrons. The number of amides is 1. The molecular formula is C10H17N5O. The molecule has 6 nitrogen and oxygen atoms in total. The van der Waals surface area contributed by atoms with Crippen LogP contribution in [-0.4, -0.2) is 46.5 Å². The van der Waals surface area contributed by atoms with E-state index in [-0.39, 0.29) is 5.91 Å². The van der Waals surface area contributed by atoms with Crippen molar-refractivity contribution in [3.05, 3.63) is 18.2 Å². The summed E-state index contributed by atoms with van der Waals surface area (Å²) in [5.41, 5.74) is 5.32. The van der Waals surface area contributed by atoms with Crippen LogP contribution in [0.15, 0.2) is 12.4 Å². The topological polar surface area (TPSA) is 76.2 Å². The maximum absolute atomic E-state index is 11.5. The Morgan fingerprint density at radius 3 is 3.25 bits per heavy atom. The van der Waals surface area contributed by atoms with Crippen molar-refractivity contribution in [2.24, 2.45) is 5.73 Å². The molecule has 2 heterocycles. The van der Waals surface area contributed by atoms with Gasteiger partial charge in [0, 0.05) is 38.6 Å². The number of rotatable bonds is 4. The lowest BCUT2D eigenvalue weighted by Gasteiger charge is -2.26. The Balaban J connectivity index is 1.82. The van der Waals surface area contributed by atoms with Crippen molar-refractivity contribution in [2.75, 3.05) is 26.2 Å². The molecule has 0 saturated heterocycles. The van der Waals surface area contributed by atoms with Gasteiger partial charge in [-0.2, -0.15) is 0 Å². The fourth-order valence-corrected chi connectivity index (χ4v) is 1.83. The lowest BCUT2D eigenvalue weighted by atomic mass is 10.3. The molecule has 0 atom stereocenters. The zero-order chi connectivity index (χ0) is 11.4. The second kappa shape index (κ2) is 5.09. The largest absolute Gasteiger partial charge is 0.354 e. The summed E-state index contributed by atoms with van der Waals surface area (Å²) in [6.07, 6.45) is 3.77. The average molecular weight is 223 g/mol. The summed E-state index contributed by atoms with van der Waals surface area (Å²) in [4.78, 5) is 17.8. The number of hydrogen-bond acceptors (Lipinski definition) is 4. The first kappa shape index (κ1) is 11.1. The molecular weight excluding hydrogens is 206 g/mol. The molecule has 6 heteroatoms. The van der Waals surface area contributed by atoms with E-state index in [9.17, 15) is 4.79 Å². The van der Waals surface area contributed by atoms with Crippen molar-refractivity contribution >= 4 is 5.91 Å². The van der Waals surface area contributed by atoms with Gasteiger partial charge in [-0.05, 0) is 0 Å². The quantitative estimate of drug-likeness (QED) is 0.670. The second-order valence-electron chi connectivity index (χ2n) is 3.89. The second-order valence-corrected chi connectivity index (χ2v) is 3.89. The van der Waals surface area contributed by atoms with Crippen molar-refractivity contribution in [3.8, 4) is 0 Å². The van der Waals surface area contributed by atoms with Crippen LogP contribution in [0.3, 0.4) is 0 Å². The summed E-state index contributed by atoms with van der Waals surface area (Å²) in [6, 6.07) is 0. The zero-order valence-electron chi connectivity index (χ0n) is 9.22. The predicted molar refractivity (Wildman–Crippen MR) is 59.6 cm³/mol. The summed E-state index contributed by atoms with van der Waals surface area (Å²) in [7, 11) is 0. The summed E-state index contributed by atoms with van der Waals surface area (Å²) in [5.74, 6) is 1.06. The minimum absolute atomic E-state index is 0.0328. The van der Waals surface area contributed by atoms with Gasteiger partial charge in [0.25, 0.3) is 0 Å². The third-order valence-corrected chi connectivity index (χ3v) is 2.66. The Labute approximate surface area is 94.4 Å². The Morgan fingerprint density at radius 2 is 2.44 bits per heavy atom.